The van der Waals surface area contributed by atoms with Crippen LogP contribution in [-0.4, -0.2) is 28.1 Å². The van der Waals surface area contributed by atoms with Crippen LogP contribution in [-0.2, 0) is 11.5 Å². The van der Waals surface area contributed by atoms with Gasteiger partial charge in [-0.2, -0.15) is 0 Å². The molecule has 8 heteroatoms. The molecule has 26 heavy (non-hydrogen) atoms. The number of rotatable bonds is 4. The van der Waals surface area contributed by atoms with Gasteiger partial charge in [-0.1, -0.05) is 17.3 Å². The van der Waals surface area contributed by atoms with Gasteiger partial charge in [-0.25, -0.2) is 14.3 Å². The lowest BCUT2D eigenvalue weighted by atomic mass is 10.2. The number of fused-ring (bicyclic) bond motifs is 2. The zero-order valence-electron chi connectivity index (χ0n) is 13.7. The van der Waals surface area contributed by atoms with Gasteiger partial charge < -0.3 is 13.9 Å². The Balaban J connectivity index is 1.61. The van der Waals surface area contributed by atoms with Crippen molar-refractivity contribution < 1.29 is 18.7 Å². The molecule has 2 aromatic heterocycles. The van der Waals surface area contributed by atoms with Crippen LogP contribution in [0, 0.1) is 0 Å². The maximum atomic E-state index is 11.9. The van der Waals surface area contributed by atoms with Gasteiger partial charge in [0.1, 0.15) is 22.4 Å². The van der Waals surface area contributed by atoms with Crippen molar-refractivity contribution in [2.24, 2.45) is 0 Å². The molecule has 0 radical (unpaired) electrons. The van der Waals surface area contributed by atoms with Gasteiger partial charge >= 0.3 is 11.6 Å². The molecule has 0 unspecified atom stereocenters. The van der Waals surface area contributed by atoms with E-state index >= 15 is 0 Å². The maximum absolute atomic E-state index is 11.9. The Bertz CT molecular complexity index is 1180. The number of esters is 1. The molecule has 0 aliphatic heterocycles. The topological polar surface area (TPSA) is 96.5 Å². The highest BCUT2D eigenvalue weighted by Crippen LogP contribution is 2.21. The van der Waals surface area contributed by atoms with Gasteiger partial charge in [0.15, 0.2) is 6.73 Å². The number of nitrogens with zero attached hydrogens (tertiary/aromatic N) is 3. The first-order valence-corrected chi connectivity index (χ1v) is 7.73. The number of hydrogen-bond acceptors (Lipinski definition) is 7. The van der Waals surface area contributed by atoms with Gasteiger partial charge in [-0.05, 0) is 30.3 Å². The highest BCUT2D eigenvalue weighted by molar-refractivity contribution is 5.92. The molecule has 2 heterocycles. The predicted molar refractivity (Wildman–Crippen MR) is 92.0 cm³/mol. The van der Waals surface area contributed by atoms with E-state index in [2.05, 4.69) is 15.0 Å². The predicted octanol–water partition coefficient (Wildman–Crippen LogP) is 2.36. The van der Waals surface area contributed by atoms with Gasteiger partial charge in [0.2, 0.25) is 0 Å². The van der Waals surface area contributed by atoms with E-state index in [9.17, 15) is 9.59 Å². The second-order valence-corrected chi connectivity index (χ2v) is 5.49. The monoisotopic (exact) mass is 351 g/mol. The normalized spacial score (nSPS) is 11.0. The lowest BCUT2D eigenvalue weighted by Crippen LogP contribution is -2.14. The molecule has 0 saturated heterocycles. The molecule has 0 atom stereocenters. The molecule has 2 aromatic carbocycles. The summed E-state index contributed by atoms with van der Waals surface area (Å²) in [5.74, 6) is -0.245. The Kier molecular flexibility index (Phi) is 3.85. The Morgan fingerprint density at radius 3 is 2.88 bits per heavy atom. The van der Waals surface area contributed by atoms with E-state index in [-0.39, 0.29) is 12.3 Å². The molecule has 0 aliphatic rings. The molecule has 4 rings (SSSR count). The molecule has 0 fully saturated rings. The first-order chi connectivity index (χ1) is 12.7. The van der Waals surface area contributed by atoms with E-state index in [1.54, 1.807) is 22.9 Å². The summed E-state index contributed by atoms with van der Waals surface area (Å²) in [6, 6.07) is 14.0. The highest BCUT2D eigenvalue weighted by Gasteiger charge is 2.14. The molecule has 0 amide bonds. The van der Waals surface area contributed by atoms with Crippen molar-refractivity contribution in [2.75, 3.05) is 7.11 Å². The minimum Gasteiger partial charge on any atom is -0.471 e. The van der Waals surface area contributed by atoms with Crippen molar-refractivity contribution in [1.29, 1.82) is 0 Å². The summed E-state index contributed by atoms with van der Waals surface area (Å²) >= 11 is 0. The van der Waals surface area contributed by atoms with Crippen molar-refractivity contribution in [1.82, 2.24) is 15.0 Å². The van der Waals surface area contributed by atoms with Crippen LogP contribution in [0.2, 0.25) is 0 Å². The molecule has 130 valence electrons. The maximum Gasteiger partial charge on any atom is 0.351 e. The number of methoxy groups -OCH3 is 1. The van der Waals surface area contributed by atoms with Crippen LogP contribution >= 0.6 is 0 Å². The van der Waals surface area contributed by atoms with E-state index in [1.165, 1.54) is 13.2 Å². The summed E-state index contributed by atoms with van der Waals surface area (Å²) in [6.45, 7) is 0.149. The van der Waals surface area contributed by atoms with Crippen molar-refractivity contribution in [3.8, 4) is 5.75 Å². The molecule has 0 N–H and O–H groups in total. The average molecular weight is 351 g/mol. The fourth-order valence-corrected chi connectivity index (χ4v) is 2.58. The number of ether oxygens (including phenoxy) is 2. The van der Waals surface area contributed by atoms with Crippen molar-refractivity contribution in [2.45, 2.75) is 6.73 Å². The summed E-state index contributed by atoms with van der Waals surface area (Å²) in [5.41, 5.74) is 1.02. The first-order valence-electron chi connectivity index (χ1n) is 7.73. The third kappa shape index (κ3) is 2.77. The Morgan fingerprint density at radius 1 is 1.19 bits per heavy atom. The van der Waals surface area contributed by atoms with Gasteiger partial charge in [0.25, 0.3) is 0 Å². The van der Waals surface area contributed by atoms with E-state index < -0.39 is 11.6 Å². The minimum absolute atomic E-state index is 0.149. The number of benzene rings is 2. The smallest absolute Gasteiger partial charge is 0.351 e. The molecule has 4 aromatic rings. The van der Waals surface area contributed by atoms with Crippen LogP contribution in [0.1, 0.15) is 10.4 Å². The molecule has 0 spiro atoms. The van der Waals surface area contributed by atoms with E-state index in [0.717, 1.165) is 11.0 Å². The summed E-state index contributed by atoms with van der Waals surface area (Å²) in [4.78, 5) is 23.5. The Labute approximate surface area is 146 Å². The Morgan fingerprint density at radius 2 is 2.04 bits per heavy atom. The highest BCUT2D eigenvalue weighted by atomic mass is 16.5. The van der Waals surface area contributed by atoms with Gasteiger partial charge in [0.05, 0.1) is 12.6 Å². The molecular formula is C18H13N3O5. The van der Waals surface area contributed by atoms with E-state index in [0.29, 0.717) is 16.7 Å². The minimum atomic E-state index is -0.760. The zero-order chi connectivity index (χ0) is 18.1. The number of carbonyl (C=O) groups is 1. The Hall–Kier alpha value is -3.68. The van der Waals surface area contributed by atoms with Crippen LogP contribution in [0.25, 0.3) is 22.0 Å². The summed E-state index contributed by atoms with van der Waals surface area (Å²) < 4.78 is 17.1. The number of aromatic nitrogens is 3. The number of hydrogen-bond donors (Lipinski definition) is 0. The third-order valence-electron chi connectivity index (χ3n) is 3.89. The second-order valence-electron chi connectivity index (χ2n) is 5.49. The van der Waals surface area contributed by atoms with Gasteiger partial charge in [-0.3, -0.25) is 0 Å². The van der Waals surface area contributed by atoms with Crippen LogP contribution in [0.3, 0.4) is 0 Å². The largest absolute Gasteiger partial charge is 0.471 e. The fourth-order valence-electron chi connectivity index (χ4n) is 2.58. The first kappa shape index (κ1) is 15.8. The standard InChI is InChI=1S/C18H13N3O5/c1-24-17(22)13-8-11-6-7-12(9-16(11)26-18(13)23)25-10-21-15-5-3-2-4-14(15)19-20-21/h2-9H,10H2,1H3. The molecule has 0 bridgehead atoms. The lowest BCUT2D eigenvalue weighted by molar-refractivity contribution is 0.0596. The number of para-hydroxylation sites is 1. The molecular weight excluding hydrogens is 338 g/mol. The van der Waals surface area contributed by atoms with E-state index in [1.807, 2.05) is 24.3 Å². The van der Waals surface area contributed by atoms with Crippen LogP contribution in [0.4, 0.5) is 0 Å². The summed E-state index contributed by atoms with van der Waals surface area (Å²) in [5, 5.41) is 8.69. The van der Waals surface area contributed by atoms with Crippen LogP contribution in [0.15, 0.2) is 57.7 Å². The van der Waals surface area contributed by atoms with Crippen LogP contribution < -0.4 is 10.4 Å². The zero-order valence-corrected chi connectivity index (χ0v) is 13.7. The second kappa shape index (κ2) is 6.32. The van der Waals surface area contributed by atoms with Crippen molar-refractivity contribution in [3.63, 3.8) is 0 Å². The van der Waals surface area contributed by atoms with Crippen LogP contribution in [0.5, 0.6) is 5.75 Å². The number of carbonyl (C=O) groups excluding carboxylic acids is 1. The summed E-state index contributed by atoms with van der Waals surface area (Å²) in [7, 11) is 1.21. The lowest BCUT2D eigenvalue weighted by Gasteiger charge is -2.07. The fraction of sp³-hybridized carbons (Fsp3) is 0.111. The molecule has 0 saturated carbocycles. The van der Waals surface area contributed by atoms with Crippen molar-refractivity contribution >= 4 is 28.0 Å². The SMILES string of the molecule is COC(=O)c1cc2ccc(OCn3nnc4ccccc43)cc2oc1=O. The van der Waals surface area contributed by atoms with E-state index in [4.69, 9.17) is 9.15 Å². The average Bonchev–Trinajstić information content (AvgIpc) is 3.08. The van der Waals surface area contributed by atoms with Gasteiger partial charge in [0, 0.05) is 11.5 Å². The third-order valence-corrected chi connectivity index (χ3v) is 3.89. The molecule has 8 nitrogen and oxygen atoms in total. The van der Waals surface area contributed by atoms with Gasteiger partial charge in [-0.15, -0.1) is 5.10 Å². The molecule has 0 aliphatic carbocycles. The quantitative estimate of drug-likeness (QED) is 0.411. The summed E-state index contributed by atoms with van der Waals surface area (Å²) in [6.07, 6.45) is 0. The van der Waals surface area contributed by atoms with Crippen molar-refractivity contribution in [3.05, 3.63) is 64.5 Å².